The molecule has 9 nitrogen and oxygen atoms in total. The molecule has 0 spiro atoms. The Kier molecular flexibility index (Phi) is 31.9. The Morgan fingerprint density at radius 3 is 1.66 bits per heavy atom. The van der Waals surface area contributed by atoms with Crippen LogP contribution in [0.15, 0.2) is 36.5 Å². The van der Waals surface area contributed by atoms with Gasteiger partial charge in [0.2, 0.25) is 0 Å². The Labute approximate surface area is 306 Å². The molecule has 0 saturated carbocycles. The fourth-order valence-electron chi connectivity index (χ4n) is 4.96. The fourth-order valence-corrected chi connectivity index (χ4v) is 5.69. The maximum atomic E-state index is 12.6. The van der Waals surface area contributed by atoms with Crippen molar-refractivity contribution in [3.05, 3.63) is 36.5 Å². The van der Waals surface area contributed by atoms with E-state index in [2.05, 4.69) is 50.3 Å². The zero-order valence-electron chi connectivity index (χ0n) is 32.6. The van der Waals surface area contributed by atoms with Gasteiger partial charge in [-0.1, -0.05) is 115 Å². The van der Waals surface area contributed by atoms with E-state index < -0.39 is 32.5 Å². The second kappa shape index (κ2) is 33.1. The van der Waals surface area contributed by atoms with Crippen molar-refractivity contribution in [1.82, 2.24) is 0 Å². The van der Waals surface area contributed by atoms with Crippen LogP contribution >= 0.6 is 7.82 Å². The van der Waals surface area contributed by atoms with E-state index in [1.165, 1.54) is 38.5 Å². The summed E-state index contributed by atoms with van der Waals surface area (Å²) in [7, 11) is 1.15. The molecule has 0 aliphatic carbocycles. The Balaban J connectivity index is 4.45. The van der Waals surface area contributed by atoms with Gasteiger partial charge in [-0.2, -0.15) is 0 Å². The maximum Gasteiger partial charge on any atom is 0.306 e. The highest BCUT2D eigenvalue weighted by atomic mass is 31.2. The second-order valence-electron chi connectivity index (χ2n) is 14.3. The first kappa shape index (κ1) is 48.2. The Morgan fingerprint density at radius 2 is 1.10 bits per heavy atom. The molecule has 0 amide bonds. The van der Waals surface area contributed by atoms with Gasteiger partial charge in [0.15, 0.2) is 6.10 Å². The molecule has 0 saturated heterocycles. The number of hydrogen-bond donors (Lipinski definition) is 0. The maximum absolute atomic E-state index is 12.6. The third kappa shape index (κ3) is 36.0. The number of carbonyl (C=O) groups excluding carboxylic acids is 2. The molecule has 10 heteroatoms. The van der Waals surface area contributed by atoms with E-state index in [0.717, 1.165) is 77.0 Å². The number of nitrogens with zero attached hydrogens (tertiary/aromatic N) is 1. The second-order valence-corrected chi connectivity index (χ2v) is 15.7. The first-order chi connectivity index (χ1) is 24.0. The molecule has 0 aromatic rings. The van der Waals surface area contributed by atoms with Crippen LogP contribution in [0, 0.1) is 0 Å². The molecule has 0 aliphatic heterocycles. The Hall–Kier alpha value is -1.77. The summed E-state index contributed by atoms with van der Waals surface area (Å²) in [6.45, 7) is 4.11. The molecule has 0 N–H and O–H groups in total. The van der Waals surface area contributed by atoms with E-state index in [4.69, 9.17) is 18.5 Å². The number of likely N-dealkylation sites (N-methyl/N-ethyl adjacent to an activating group) is 1. The zero-order valence-corrected chi connectivity index (χ0v) is 33.5. The summed E-state index contributed by atoms with van der Waals surface area (Å²) in [5.74, 6) is -0.865. The van der Waals surface area contributed by atoms with E-state index in [0.29, 0.717) is 23.9 Å². The first-order valence-electron chi connectivity index (χ1n) is 19.7. The number of rotatable bonds is 35. The fraction of sp³-hybridized carbons (Fsp3) is 0.800. The molecular weight excluding hydrogens is 653 g/mol. The van der Waals surface area contributed by atoms with Crippen LogP contribution in [-0.4, -0.2) is 70.0 Å². The van der Waals surface area contributed by atoms with Gasteiger partial charge >= 0.3 is 11.9 Å². The molecule has 0 aromatic heterocycles. The van der Waals surface area contributed by atoms with Crippen molar-refractivity contribution in [2.45, 2.75) is 161 Å². The summed E-state index contributed by atoms with van der Waals surface area (Å²) in [6, 6.07) is 0. The van der Waals surface area contributed by atoms with Crippen molar-refractivity contribution in [3.8, 4) is 0 Å². The van der Waals surface area contributed by atoms with Crippen LogP contribution in [0.25, 0.3) is 0 Å². The van der Waals surface area contributed by atoms with Gasteiger partial charge in [-0.25, -0.2) is 0 Å². The summed E-state index contributed by atoms with van der Waals surface area (Å²) in [5.41, 5.74) is 0. The molecule has 0 aliphatic rings. The molecule has 0 rings (SSSR count). The normalized spacial score (nSPS) is 14.1. The lowest BCUT2D eigenvalue weighted by atomic mass is 10.1. The van der Waals surface area contributed by atoms with Crippen LogP contribution in [0.1, 0.15) is 155 Å². The van der Waals surface area contributed by atoms with Gasteiger partial charge in [0.25, 0.3) is 7.82 Å². The third-order valence-corrected chi connectivity index (χ3v) is 9.10. The predicted octanol–water partition coefficient (Wildman–Crippen LogP) is 9.94. The minimum absolute atomic E-state index is 0.0353. The highest BCUT2D eigenvalue weighted by Gasteiger charge is 2.21. The Morgan fingerprint density at radius 1 is 0.620 bits per heavy atom. The van der Waals surface area contributed by atoms with Gasteiger partial charge in [-0.15, -0.1) is 0 Å². The van der Waals surface area contributed by atoms with Gasteiger partial charge in [0, 0.05) is 12.8 Å². The number of ether oxygens (including phenoxy) is 2. The number of allylic oxidation sites excluding steroid dienone is 6. The lowest BCUT2D eigenvalue weighted by Gasteiger charge is -2.28. The van der Waals surface area contributed by atoms with Crippen LogP contribution < -0.4 is 4.89 Å². The molecule has 1 unspecified atom stereocenters. The minimum atomic E-state index is -4.62. The smallest absolute Gasteiger partial charge is 0.306 e. The summed E-state index contributed by atoms with van der Waals surface area (Å²) in [6.07, 6.45) is 34.5. The van der Waals surface area contributed by atoms with Gasteiger partial charge in [0.05, 0.1) is 27.7 Å². The third-order valence-electron chi connectivity index (χ3n) is 8.13. The molecule has 292 valence electrons. The Bertz CT molecular complexity index is 959. The average Bonchev–Trinajstić information content (AvgIpc) is 3.06. The van der Waals surface area contributed by atoms with E-state index in [1.807, 2.05) is 21.1 Å². The molecular formula is C40H74NO8P. The van der Waals surface area contributed by atoms with Crippen LogP contribution in [0.2, 0.25) is 0 Å². The molecule has 0 fully saturated rings. The van der Waals surface area contributed by atoms with Crippen LogP contribution in [-0.2, 0) is 32.7 Å². The quantitative estimate of drug-likeness (QED) is 0.0209. The number of unbranched alkanes of at least 4 members (excludes halogenated alkanes) is 15. The molecule has 50 heavy (non-hydrogen) atoms. The topological polar surface area (TPSA) is 111 Å². The standard InChI is InChI=1S/C40H74NO8P/c1-6-8-10-12-14-16-18-19-20-21-23-24-26-28-30-32-39(42)46-36-38(37-48-50(44,45)47-35-34-41(3,4)5)49-40(43)33-31-29-27-25-22-17-15-13-11-9-7-2/h13-16,19-20,38H,6-12,17-18,21-37H2,1-5H3/b15-13+,16-14+,20-19+/t38-/m1/s1. The van der Waals surface area contributed by atoms with Crippen molar-refractivity contribution in [2.24, 2.45) is 0 Å². The highest BCUT2D eigenvalue weighted by Crippen LogP contribution is 2.38. The minimum Gasteiger partial charge on any atom is -0.756 e. The van der Waals surface area contributed by atoms with Gasteiger partial charge in [-0.3, -0.25) is 14.2 Å². The van der Waals surface area contributed by atoms with E-state index in [1.54, 1.807) is 0 Å². The van der Waals surface area contributed by atoms with Crippen molar-refractivity contribution < 1.29 is 42.1 Å². The molecule has 0 aromatic carbocycles. The highest BCUT2D eigenvalue weighted by molar-refractivity contribution is 7.45. The van der Waals surface area contributed by atoms with Crippen molar-refractivity contribution in [2.75, 3.05) is 47.5 Å². The molecule has 0 heterocycles. The van der Waals surface area contributed by atoms with E-state index >= 15 is 0 Å². The number of hydrogen-bond acceptors (Lipinski definition) is 8. The lowest BCUT2D eigenvalue weighted by Crippen LogP contribution is -2.37. The van der Waals surface area contributed by atoms with Crippen LogP contribution in [0.3, 0.4) is 0 Å². The number of esters is 2. The van der Waals surface area contributed by atoms with Gasteiger partial charge < -0.3 is 27.9 Å². The summed E-state index contributed by atoms with van der Waals surface area (Å²) < 4.78 is 33.7. The van der Waals surface area contributed by atoms with Crippen LogP contribution in [0.5, 0.6) is 0 Å². The number of quaternary nitrogens is 1. The number of phosphoric ester groups is 1. The number of carbonyl (C=O) groups is 2. The van der Waals surface area contributed by atoms with E-state index in [9.17, 15) is 19.0 Å². The SMILES string of the molecule is CCCC/C=C/CCCCCCCC(=O)O[C@H](COC(=O)CCCCCCC/C=C/C/C=C/CCCCC)COP(=O)([O-])OCC[N+](C)(C)C. The van der Waals surface area contributed by atoms with Crippen molar-refractivity contribution in [3.63, 3.8) is 0 Å². The van der Waals surface area contributed by atoms with Crippen LogP contribution in [0.4, 0.5) is 0 Å². The predicted molar refractivity (Wildman–Crippen MR) is 204 cm³/mol. The van der Waals surface area contributed by atoms with Crippen molar-refractivity contribution in [1.29, 1.82) is 0 Å². The monoisotopic (exact) mass is 728 g/mol. The summed E-state index contributed by atoms with van der Waals surface area (Å²) in [4.78, 5) is 37.3. The molecule has 0 radical (unpaired) electrons. The van der Waals surface area contributed by atoms with E-state index in [-0.39, 0.29) is 26.1 Å². The average molecular weight is 728 g/mol. The first-order valence-corrected chi connectivity index (χ1v) is 21.2. The largest absolute Gasteiger partial charge is 0.756 e. The van der Waals surface area contributed by atoms with Gasteiger partial charge in [-0.05, 0) is 64.2 Å². The zero-order chi connectivity index (χ0) is 37.2. The summed E-state index contributed by atoms with van der Waals surface area (Å²) in [5, 5.41) is 0. The molecule has 0 bridgehead atoms. The molecule has 2 atom stereocenters. The van der Waals surface area contributed by atoms with Gasteiger partial charge in [0.1, 0.15) is 19.8 Å². The van der Waals surface area contributed by atoms with Crippen molar-refractivity contribution >= 4 is 19.8 Å². The number of phosphoric acid groups is 1. The lowest BCUT2D eigenvalue weighted by molar-refractivity contribution is -0.870. The summed E-state index contributed by atoms with van der Waals surface area (Å²) >= 11 is 0.